The highest BCUT2D eigenvalue weighted by atomic mass is 32.2. The third-order valence-corrected chi connectivity index (χ3v) is 13.7. The van der Waals surface area contributed by atoms with Gasteiger partial charge in [-0.25, -0.2) is 18.4 Å². The average molecular weight is 866 g/mol. The second kappa shape index (κ2) is 14.9. The summed E-state index contributed by atoms with van der Waals surface area (Å²) in [7, 11) is -3.95. The topological polar surface area (TPSA) is 186 Å². The number of nitrogens with zero attached hydrogens (tertiary/aromatic N) is 4. The fourth-order valence-electron chi connectivity index (χ4n) is 7.49. The Bertz CT molecular complexity index is 2640. The first-order valence-corrected chi connectivity index (χ1v) is 21.7. The van der Waals surface area contributed by atoms with Gasteiger partial charge in [-0.2, -0.15) is 18.2 Å². The summed E-state index contributed by atoms with van der Waals surface area (Å²) >= 11 is 1.32. The third-order valence-electron chi connectivity index (χ3n) is 11.0. The Kier molecular flexibility index (Phi) is 10.2. The van der Waals surface area contributed by atoms with Crippen LogP contribution in [0.3, 0.4) is 0 Å². The lowest BCUT2D eigenvalue weighted by Crippen LogP contribution is -2.58. The van der Waals surface area contributed by atoms with Crippen molar-refractivity contribution < 1.29 is 45.1 Å². The molecule has 5 aromatic rings. The number of aromatic nitrogens is 3. The molecule has 14 nitrogen and oxygen atoms in total. The van der Waals surface area contributed by atoms with E-state index in [1.54, 1.807) is 24.3 Å². The maximum absolute atomic E-state index is 14.8. The van der Waals surface area contributed by atoms with Crippen molar-refractivity contribution >= 4 is 66.3 Å². The first-order chi connectivity index (χ1) is 28.3. The van der Waals surface area contributed by atoms with Crippen LogP contribution in [0.1, 0.15) is 57.7 Å². The second-order valence-electron chi connectivity index (χ2n) is 16.6. The molecule has 0 radical (unpaired) electrons. The number of para-hydroxylation sites is 1. The molecule has 8 rings (SSSR count). The van der Waals surface area contributed by atoms with Crippen molar-refractivity contribution in [3.05, 3.63) is 77.8 Å². The number of nitrogens with one attached hydrogen (secondary N) is 3. The van der Waals surface area contributed by atoms with Crippen molar-refractivity contribution in [3.8, 4) is 17.3 Å². The lowest BCUT2D eigenvalue weighted by Gasteiger charge is -2.35. The minimum atomic E-state index is -4.56. The number of likely N-dealkylation sites (tertiary alicyclic amines) is 1. The molecule has 316 valence electrons. The van der Waals surface area contributed by atoms with E-state index in [-0.39, 0.29) is 42.2 Å². The number of aryl methyl sites for hydroxylation is 1. The normalized spacial score (nSPS) is 22.4. The molecule has 60 heavy (non-hydrogen) atoms. The number of hydrogen-bond acceptors (Lipinski definition) is 12. The molecular formula is C41H42F3N7O7S2. The molecule has 3 fully saturated rings. The summed E-state index contributed by atoms with van der Waals surface area (Å²) in [4.78, 5) is 58.1. The van der Waals surface area contributed by atoms with Gasteiger partial charge in [0.25, 0.3) is 11.8 Å². The number of thiazole rings is 1. The molecule has 1 saturated heterocycles. The van der Waals surface area contributed by atoms with Crippen molar-refractivity contribution in [2.24, 2.45) is 11.3 Å². The van der Waals surface area contributed by atoms with E-state index in [1.165, 1.54) is 34.4 Å². The Morgan fingerprint density at radius 3 is 2.40 bits per heavy atom. The van der Waals surface area contributed by atoms with E-state index >= 15 is 0 Å². The quantitative estimate of drug-likeness (QED) is 0.118. The number of carbonyl (C=O) groups excluding carboxylic acids is 3. The SMILES string of the molecule is C=C[C@@H]1C[C@]1(NC(=O)C1CC(Oc2nc(-c3ccc(C(F)(F)F)cc3)nc3c2oc2ccccc23)CN1C(=O)[C@@H](Nc1nc(C)cs1)C(C)(C)C)C(=O)NS(=O)(=O)C1CC1. The molecule has 3 N–H and O–H groups in total. The van der Waals surface area contributed by atoms with Gasteiger partial charge in [-0.05, 0) is 55.9 Å². The largest absolute Gasteiger partial charge is 0.470 e. The molecule has 1 aliphatic heterocycles. The van der Waals surface area contributed by atoms with Crippen LogP contribution in [0.5, 0.6) is 5.88 Å². The molecule has 2 saturated carbocycles. The number of furan rings is 1. The summed E-state index contributed by atoms with van der Waals surface area (Å²) in [6, 6.07) is 9.28. The van der Waals surface area contributed by atoms with Crippen molar-refractivity contribution in [1.29, 1.82) is 0 Å². The van der Waals surface area contributed by atoms with Crippen molar-refractivity contribution in [2.45, 2.75) is 88.5 Å². The Hall–Kier alpha value is -5.56. The van der Waals surface area contributed by atoms with Gasteiger partial charge < -0.3 is 24.7 Å². The number of fused-ring (bicyclic) bond motifs is 3. The third kappa shape index (κ3) is 7.91. The van der Waals surface area contributed by atoms with Gasteiger partial charge in [-0.3, -0.25) is 19.1 Å². The lowest BCUT2D eigenvalue weighted by molar-refractivity contribution is -0.141. The average Bonchev–Trinajstić information content (AvgIpc) is 4.04. The first kappa shape index (κ1) is 41.2. The summed E-state index contributed by atoms with van der Waals surface area (Å²) in [6.07, 6.45) is -3.13. The monoisotopic (exact) mass is 865 g/mol. The van der Waals surface area contributed by atoms with Crippen molar-refractivity contribution in [3.63, 3.8) is 0 Å². The van der Waals surface area contributed by atoms with Crippen LogP contribution in [0.25, 0.3) is 33.5 Å². The maximum Gasteiger partial charge on any atom is 0.416 e. The molecule has 0 bridgehead atoms. The number of benzene rings is 2. The lowest BCUT2D eigenvalue weighted by atomic mass is 9.85. The summed E-state index contributed by atoms with van der Waals surface area (Å²) in [5, 5.41) is 8.29. The highest BCUT2D eigenvalue weighted by molar-refractivity contribution is 7.91. The summed E-state index contributed by atoms with van der Waals surface area (Å²) in [5.41, 5.74) is -1.22. The highest BCUT2D eigenvalue weighted by Crippen LogP contribution is 2.46. The van der Waals surface area contributed by atoms with E-state index in [0.717, 1.165) is 17.8 Å². The fourth-order valence-corrected chi connectivity index (χ4v) is 9.57. The predicted molar refractivity (Wildman–Crippen MR) is 217 cm³/mol. The molecule has 2 aliphatic carbocycles. The number of hydrogen-bond donors (Lipinski definition) is 3. The second-order valence-corrected chi connectivity index (χ2v) is 19.4. The van der Waals surface area contributed by atoms with Crippen LogP contribution >= 0.6 is 11.3 Å². The molecule has 0 spiro atoms. The first-order valence-electron chi connectivity index (χ1n) is 19.3. The zero-order valence-corrected chi connectivity index (χ0v) is 34.6. The number of rotatable bonds is 12. The number of anilines is 1. The molecule has 19 heteroatoms. The molecule has 4 heterocycles. The van der Waals surface area contributed by atoms with Crippen LogP contribution < -0.4 is 20.1 Å². The zero-order valence-electron chi connectivity index (χ0n) is 33.0. The van der Waals surface area contributed by atoms with Gasteiger partial charge in [0, 0.05) is 28.7 Å². The van der Waals surface area contributed by atoms with Gasteiger partial charge in [0.05, 0.1) is 23.1 Å². The van der Waals surface area contributed by atoms with Gasteiger partial charge in [-0.1, -0.05) is 51.1 Å². The zero-order chi connectivity index (χ0) is 42.9. The van der Waals surface area contributed by atoms with Crippen molar-refractivity contribution in [2.75, 3.05) is 11.9 Å². The fraction of sp³-hybridized carbons (Fsp3) is 0.415. The van der Waals surface area contributed by atoms with E-state index < -0.39 is 79.8 Å². The number of ether oxygens (including phenoxy) is 1. The summed E-state index contributed by atoms with van der Waals surface area (Å²) < 4.78 is 80.8. The van der Waals surface area contributed by atoms with E-state index in [9.17, 15) is 36.0 Å². The minimum Gasteiger partial charge on any atom is -0.470 e. The van der Waals surface area contributed by atoms with Gasteiger partial charge in [0.2, 0.25) is 27.4 Å². The molecule has 5 atom stereocenters. The van der Waals surface area contributed by atoms with Gasteiger partial charge >= 0.3 is 6.18 Å². The van der Waals surface area contributed by atoms with Gasteiger partial charge in [-0.15, -0.1) is 17.9 Å². The maximum atomic E-state index is 14.8. The summed E-state index contributed by atoms with van der Waals surface area (Å²) in [5.74, 6) is -2.65. The Labute approximate surface area is 347 Å². The number of sulfonamides is 1. The molecule has 3 amide bonds. The molecule has 3 aromatic heterocycles. The standard InChI is InChI=1S/C41H42F3N7O7S2/c1-6-23-18-40(23,37(54)50-60(55,56)26-15-16-26)49-34(52)28-17-25(19-51(28)36(53)32(39(3,4)5)47-38-45-21(2)20-59-38)57-35-31-30(27-9-7-8-10-29(27)58-31)46-33(48-35)22-11-13-24(14-12-22)41(42,43)44/h6-14,20,23,25-26,28,32H,1,15-19H2,2-5H3,(H,45,47)(H,49,52)(H,50,54)/t23-,25?,28?,32-,40-/m1/s1. The number of alkyl halides is 3. The Balaban J connectivity index is 1.15. The van der Waals surface area contributed by atoms with E-state index in [4.69, 9.17) is 9.15 Å². The number of halogens is 3. The molecule has 2 unspecified atom stereocenters. The Morgan fingerprint density at radius 1 is 1.07 bits per heavy atom. The van der Waals surface area contributed by atoms with Gasteiger partial charge in [0.1, 0.15) is 34.8 Å². The molecule has 2 aromatic carbocycles. The Morgan fingerprint density at radius 2 is 1.78 bits per heavy atom. The van der Waals surface area contributed by atoms with Crippen molar-refractivity contribution in [1.82, 2.24) is 29.9 Å². The smallest absolute Gasteiger partial charge is 0.416 e. The van der Waals surface area contributed by atoms with E-state index in [0.29, 0.717) is 34.5 Å². The van der Waals surface area contributed by atoms with Crippen LogP contribution in [0.15, 0.2) is 71.0 Å². The summed E-state index contributed by atoms with van der Waals surface area (Å²) in [6.45, 7) is 11.1. The highest BCUT2D eigenvalue weighted by Gasteiger charge is 2.62. The van der Waals surface area contributed by atoms with Crippen LogP contribution in [0, 0.1) is 18.3 Å². The van der Waals surface area contributed by atoms with Crippen LogP contribution in [-0.4, -0.2) is 81.5 Å². The number of carbonyl (C=O) groups is 3. The number of amides is 3. The minimum absolute atomic E-state index is 0.0482. The van der Waals surface area contributed by atoms with Crippen LogP contribution in [0.4, 0.5) is 18.3 Å². The molecule has 3 aliphatic rings. The molecular weight excluding hydrogens is 824 g/mol. The van der Waals surface area contributed by atoms with E-state index in [1.807, 2.05) is 33.1 Å². The van der Waals surface area contributed by atoms with Crippen LogP contribution in [0.2, 0.25) is 0 Å². The van der Waals surface area contributed by atoms with Crippen LogP contribution in [-0.2, 0) is 30.6 Å². The predicted octanol–water partition coefficient (Wildman–Crippen LogP) is 6.37. The van der Waals surface area contributed by atoms with E-state index in [2.05, 4.69) is 36.9 Å². The van der Waals surface area contributed by atoms with Gasteiger partial charge in [0.15, 0.2) is 11.0 Å².